The number of nitro benzene ring substituents is 1. The van der Waals surface area contributed by atoms with Gasteiger partial charge in [-0.15, -0.1) is 10.2 Å². The van der Waals surface area contributed by atoms with E-state index in [0.29, 0.717) is 5.69 Å². The minimum absolute atomic E-state index is 0.0226. The standard InChI is InChI=1S/C11H5BrCl2N4O3/c12-7-3-5(1-2-8(7)18(20)21)15-11(19)6-4-9(13)16-17-10(6)14/h1-4H,(H,15,19). The molecule has 7 nitrogen and oxygen atoms in total. The van der Waals surface area contributed by atoms with Gasteiger partial charge in [-0.3, -0.25) is 14.9 Å². The molecule has 0 aliphatic rings. The van der Waals surface area contributed by atoms with E-state index in [2.05, 4.69) is 31.4 Å². The zero-order valence-corrected chi connectivity index (χ0v) is 13.1. The number of rotatable bonds is 3. The van der Waals surface area contributed by atoms with Crippen molar-refractivity contribution >= 4 is 56.4 Å². The van der Waals surface area contributed by atoms with Crippen LogP contribution in [0.5, 0.6) is 0 Å². The van der Waals surface area contributed by atoms with Crippen molar-refractivity contribution in [2.45, 2.75) is 0 Å². The Morgan fingerprint density at radius 1 is 1.29 bits per heavy atom. The summed E-state index contributed by atoms with van der Waals surface area (Å²) in [4.78, 5) is 22.2. The third-order valence-electron chi connectivity index (χ3n) is 2.37. The summed E-state index contributed by atoms with van der Waals surface area (Å²) in [6, 6.07) is 5.33. The number of benzene rings is 1. The second kappa shape index (κ2) is 6.33. The van der Waals surface area contributed by atoms with Gasteiger partial charge in [0.15, 0.2) is 10.3 Å². The summed E-state index contributed by atoms with van der Waals surface area (Å²) in [5.41, 5.74) is 0.285. The van der Waals surface area contributed by atoms with Crippen LogP contribution in [0.3, 0.4) is 0 Å². The maximum Gasteiger partial charge on any atom is 0.283 e. The third-order valence-corrected chi connectivity index (χ3v) is 3.46. The smallest absolute Gasteiger partial charge is 0.283 e. The molecule has 0 atom stereocenters. The lowest BCUT2D eigenvalue weighted by molar-refractivity contribution is -0.385. The molecule has 1 N–H and O–H groups in total. The van der Waals surface area contributed by atoms with E-state index in [1.54, 1.807) is 0 Å². The Labute approximate surface area is 136 Å². The second-order valence-electron chi connectivity index (χ2n) is 3.75. The molecule has 0 spiro atoms. The Balaban J connectivity index is 2.26. The van der Waals surface area contributed by atoms with Crippen molar-refractivity contribution in [3.05, 3.63) is 54.7 Å². The SMILES string of the molecule is O=C(Nc1ccc([N+](=O)[O-])c(Br)c1)c1cc(Cl)nnc1Cl. The summed E-state index contributed by atoms with van der Waals surface area (Å²) in [5, 5.41) is 20.2. The third kappa shape index (κ3) is 3.66. The zero-order valence-electron chi connectivity index (χ0n) is 10.0. The van der Waals surface area contributed by atoms with Crippen molar-refractivity contribution in [1.29, 1.82) is 0 Å². The highest BCUT2D eigenvalue weighted by Crippen LogP contribution is 2.28. The average molecular weight is 392 g/mol. The normalized spacial score (nSPS) is 10.2. The van der Waals surface area contributed by atoms with Crippen molar-refractivity contribution in [1.82, 2.24) is 10.2 Å². The summed E-state index contributed by atoms with van der Waals surface area (Å²) in [6.07, 6.45) is 0. The molecule has 2 aromatic rings. The average Bonchev–Trinajstić information content (AvgIpc) is 2.41. The molecule has 10 heteroatoms. The molecular weight excluding hydrogens is 387 g/mol. The molecular formula is C11H5BrCl2N4O3. The van der Waals surface area contributed by atoms with E-state index in [-0.39, 0.29) is 26.0 Å². The summed E-state index contributed by atoms with van der Waals surface area (Å²) in [6.45, 7) is 0. The Morgan fingerprint density at radius 2 is 2.00 bits per heavy atom. The lowest BCUT2D eigenvalue weighted by atomic mass is 10.2. The number of carbonyl (C=O) groups is 1. The fourth-order valence-electron chi connectivity index (χ4n) is 1.44. The van der Waals surface area contributed by atoms with Crippen LogP contribution < -0.4 is 5.32 Å². The maximum absolute atomic E-state index is 12.0. The molecule has 108 valence electrons. The Morgan fingerprint density at radius 3 is 2.62 bits per heavy atom. The molecule has 21 heavy (non-hydrogen) atoms. The molecule has 0 bridgehead atoms. The summed E-state index contributed by atoms with van der Waals surface area (Å²) < 4.78 is 0.238. The number of hydrogen-bond donors (Lipinski definition) is 1. The number of nitrogens with zero attached hydrogens (tertiary/aromatic N) is 3. The van der Waals surface area contributed by atoms with Gasteiger partial charge in [-0.1, -0.05) is 23.2 Å². The Bertz CT molecular complexity index is 741. The number of nitro groups is 1. The van der Waals surface area contributed by atoms with Gasteiger partial charge in [0.25, 0.3) is 11.6 Å². The van der Waals surface area contributed by atoms with Crippen LogP contribution >= 0.6 is 39.1 Å². The number of halogens is 3. The minimum Gasteiger partial charge on any atom is -0.322 e. The first-order chi connectivity index (χ1) is 9.88. The molecule has 0 fully saturated rings. The number of carbonyl (C=O) groups excluding carboxylic acids is 1. The number of nitrogens with one attached hydrogen (secondary N) is 1. The molecule has 0 aliphatic carbocycles. The number of aromatic nitrogens is 2. The van der Waals surface area contributed by atoms with Crippen LogP contribution in [0.2, 0.25) is 10.3 Å². The largest absolute Gasteiger partial charge is 0.322 e. The fourth-order valence-corrected chi connectivity index (χ4v) is 2.29. The Kier molecular flexibility index (Phi) is 4.71. The lowest BCUT2D eigenvalue weighted by Crippen LogP contribution is -2.13. The molecule has 0 saturated carbocycles. The van der Waals surface area contributed by atoms with Gasteiger partial charge in [-0.2, -0.15) is 0 Å². The van der Waals surface area contributed by atoms with Crippen LogP contribution in [-0.4, -0.2) is 21.0 Å². The highest BCUT2D eigenvalue weighted by atomic mass is 79.9. The van der Waals surface area contributed by atoms with Crippen LogP contribution in [0.4, 0.5) is 11.4 Å². The van der Waals surface area contributed by atoms with Crippen molar-refractivity contribution in [3.8, 4) is 0 Å². The van der Waals surface area contributed by atoms with Crippen LogP contribution in [0.15, 0.2) is 28.7 Å². The van der Waals surface area contributed by atoms with E-state index in [0.717, 1.165) is 0 Å². The van der Waals surface area contributed by atoms with E-state index in [4.69, 9.17) is 23.2 Å². The van der Waals surface area contributed by atoms with Crippen molar-refractivity contribution < 1.29 is 9.72 Å². The first kappa shape index (κ1) is 15.6. The molecule has 0 unspecified atom stereocenters. The van der Waals surface area contributed by atoms with E-state index in [1.165, 1.54) is 24.3 Å². The highest BCUT2D eigenvalue weighted by molar-refractivity contribution is 9.10. The van der Waals surface area contributed by atoms with Crippen molar-refractivity contribution in [2.75, 3.05) is 5.32 Å². The molecule has 0 aliphatic heterocycles. The summed E-state index contributed by atoms with van der Waals surface area (Å²) >= 11 is 14.5. The van der Waals surface area contributed by atoms with Gasteiger partial charge in [-0.25, -0.2) is 0 Å². The first-order valence-electron chi connectivity index (χ1n) is 5.32. The van der Waals surface area contributed by atoms with E-state index in [1.807, 2.05) is 0 Å². The highest BCUT2D eigenvalue weighted by Gasteiger charge is 2.16. The number of hydrogen-bond acceptors (Lipinski definition) is 5. The number of amides is 1. The van der Waals surface area contributed by atoms with E-state index < -0.39 is 10.8 Å². The minimum atomic E-state index is -0.558. The molecule has 1 aromatic heterocycles. The van der Waals surface area contributed by atoms with Gasteiger partial charge in [0.1, 0.15) is 0 Å². The molecule has 0 radical (unpaired) electrons. The summed E-state index contributed by atoms with van der Waals surface area (Å²) in [5.74, 6) is -0.558. The molecule has 2 rings (SSSR count). The van der Waals surface area contributed by atoms with Crippen LogP contribution in [0.25, 0.3) is 0 Å². The quantitative estimate of drug-likeness (QED) is 0.635. The van der Waals surface area contributed by atoms with Crippen LogP contribution in [-0.2, 0) is 0 Å². The van der Waals surface area contributed by atoms with E-state index >= 15 is 0 Å². The molecule has 0 saturated heterocycles. The maximum atomic E-state index is 12.0. The zero-order chi connectivity index (χ0) is 15.6. The van der Waals surface area contributed by atoms with Crippen LogP contribution in [0, 0.1) is 10.1 Å². The van der Waals surface area contributed by atoms with E-state index in [9.17, 15) is 14.9 Å². The molecule has 1 amide bonds. The number of anilines is 1. The second-order valence-corrected chi connectivity index (χ2v) is 5.35. The lowest BCUT2D eigenvalue weighted by Gasteiger charge is -2.06. The summed E-state index contributed by atoms with van der Waals surface area (Å²) in [7, 11) is 0. The van der Waals surface area contributed by atoms with Crippen molar-refractivity contribution in [2.24, 2.45) is 0 Å². The van der Waals surface area contributed by atoms with Crippen molar-refractivity contribution in [3.63, 3.8) is 0 Å². The van der Waals surface area contributed by atoms with Gasteiger partial charge in [0.05, 0.1) is 15.0 Å². The topological polar surface area (TPSA) is 98.0 Å². The van der Waals surface area contributed by atoms with Gasteiger partial charge in [0, 0.05) is 11.8 Å². The van der Waals surface area contributed by atoms with Gasteiger partial charge < -0.3 is 5.32 Å². The van der Waals surface area contributed by atoms with Gasteiger partial charge in [-0.05, 0) is 34.1 Å². The fraction of sp³-hybridized carbons (Fsp3) is 0. The van der Waals surface area contributed by atoms with Gasteiger partial charge >= 0.3 is 0 Å². The predicted octanol–water partition coefficient (Wildman–Crippen LogP) is 3.71. The molecule has 1 aromatic carbocycles. The molecule has 1 heterocycles. The van der Waals surface area contributed by atoms with Crippen LogP contribution in [0.1, 0.15) is 10.4 Å². The predicted molar refractivity (Wildman–Crippen MR) is 80.8 cm³/mol. The Hall–Kier alpha value is -1.77. The first-order valence-corrected chi connectivity index (χ1v) is 6.87. The monoisotopic (exact) mass is 390 g/mol. The van der Waals surface area contributed by atoms with Gasteiger partial charge in [0.2, 0.25) is 0 Å².